The molecule has 0 bridgehead atoms. The quantitative estimate of drug-likeness (QED) is 0.125. The second kappa shape index (κ2) is 15.8. The highest BCUT2D eigenvalue weighted by Gasteiger charge is 2.56. The highest BCUT2D eigenvalue weighted by molar-refractivity contribution is 6.51. The highest BCUT2D eigenvalue weighted by Crippen LogP contribution is 2.55. The lowest BCUT2D eigenvalue weighted by Crippen LogP contribution is -1.92. The molecular formula is C30H40Cl4F6. The van der Waals surface area contributed by atoms with Crippen LogP contribution < -0.4 is 0 Å². The normalized spacial score (nSPS) is 34.4. The molecule has 0 saturated heterocycles. The summed E-state index contributed by atoms with van der Waals surface area (Å²) in [5.74, 6) is -5.09. The molecule has 5 aliphatic rings. The minimum Gasteiger partial charge on any atom is -0.244 e. The summed E-state index contributed by atoms with van der Waals surface area (Å²) in [7, 11) is 0. The van der Waals surface area contributed by atoms with Gasteiger partial charge in [0, 0.05) is 36.5 Å². The molecule has 6 unspecified atom stereocenters. The molecule has 0 aromatic rings. The molecular weight excluding hydrogens is 616 g/mol. The van der Waals surface area contributed by atoms with Gasteiger partial charge in [-0.25, -0.2) is 26.3 Å². The van der Waals surface area contributed by atoms with Gasteiger partial charge in [-0.3, -0.25) is 0 Å². The van der Waals surface area contributed by atoms with Crippen LogP contribution in [0, 0.1) is 29.6 Å². The zero-order valence-electron chi connectivity index (χ0n) is 22.6. The fourth-order valence-electron chi connectivity index (χ4n) is 3.53. The Hall–Kier alpha value is -0.560. The van der Waals surface area contributed by atoms with E-state index in [1.54, 1.807) is 18.2 Å². The molecule has 230 valence electrons. The fourth-order valence-corrected chi connectivity index (χ4v) is 4.63. The SMILES string of the molecule is C=CC1CC1(Cl)Cl.C=CC1CC1(F)F.C=CCC1C(F)C1F.C=CCCC1CC1(Cl)Cl.C=CCCC1CC1(F)F. The van der Waals surface area contributed by atoms with E-state index in [0.29, 0.717) is 24.7 Å². The Labute approximate surface area is 255 Å². The monoisotopic (exact) mass is 654 g/mol. The van der Waals surface area contributed by atoms with Crippen LogP contribution in [0.25, 0.3) is 0 Å². The van der Waals surface area contributed by atoms with Crippen LogP contribution in [-0.2, 0) is 0 Å². The topological polar surface area (TPSA) is 0 Å². The zero-order chi connectivity index (χ0) is 30.9. The Kier molecular flexibility index (Phi) is 14.8. The average Bonchev–Trinajstić information content (AvgIpc) is 3.82. The largest absolute Gasteiger partial charge is 0.255 e. The lowest BCUT2D eigenvalue weighted by Gasteiger charge is -1.94. The van der Waals surface area contributed by atoms with Gasteiger partial charge in [-0.1, -0.05) is 30.4 Å². The van der Waals surface area contributed by atoms with Crippen molar-refractivity contribution in [3.63, 3.8) is 0 Å². The molecule has 0 aromatic heterocycles. The van der Waals surface area contributed by atoms with Crippen LogP contribution in [0.3, 0.4) is 0 Å². The molecule has 0 amide bonds. The number of hydrogen-bond donors (Lipinski definition) is 0. The predicted molar refractivity (Wildman–Crippen MR) is 159 cm³/mol. The molecule has 5 fully saturated rings. The molecule has 0 spiro atoms. The van der Waals surface area contributed by atoms with Crippen molar-refractivity contribution in [1.82, 2.24) is 0 Å². The van der Waals surface area contributed by atoms with Crippen molar-refractivity contribution in [3.05, 3.63) is 63.3 Å². The summed E-state index contributed by atoms with van der Waals surface area (Å²) >= 11 is 22.8. The van der Waals surface area contributed by atoms with E-state index in [9.17, 15) is 26.3 Å². The standard InChI is InChI=1S/C7H10Cl2.C7H10F2.C6H8F2.C5H6Cl2.C5H6F2/c2*1-2-3-4-6-5-7(6,8)9;1-2-3-4-5(7)6(4)8;2*1-2-4-3-5(4,6)7/h2*2,6H,1,3-5H2;2,4-6H,1,3H2;2*2,4H,1,3H2. The predicted octanol–water partition coefficient (Wildman–Crippen LogP) is 11.8. The first-order valence-corrected chi connectivity index (χ1v) is 14.8. The number of rotatable bonds is 10. The van der Waals surface area contributed by atoms with E-state index in [0.717, 1.165) is 32.1 Å². The number of halogens is 10. The third-order valence-electron chi connectivity index (χ3n) is 7.09. The van der Waals surface area contributed by atoms with E-state index in [-0.39, 0.29) is 29.0 Å². The molecule has 0 aliphatic heterocycles. The first-order chi connectivity index (χ1) is 18.4. The van der Waals surface area contributed by atoms with Gasteiger partial charge in [0.25, 0.3) is 11.8 Å². The summed E-state index contributed by atoms with van der Waals surface area (Å²) in [4.78, 5) is 0. The zero-order valence-corrected chi connectivity index (χ0v) is 25.6. The van der Waals surface area contributed by atoms with Gasteiger partial charge >= 0.3 is 0 Å². The van der Waals surface area contributed by atoms with Crippen molar-refractivity contribution in [1.29, 1.82) is 0 Å². The number of hydrogen-bond acceptors (Lipinski definition) is 0. The van der Waals surface area contributed by atoms with Gasteiger partial charge in [-0.2, -0.15) is 0 Å². The molecule has 0 nitrogen and oxygen atoms in total. The molecule has 0 radical (unpaired) electrons. The van der Waals surface area contributed by atoms with Gasteiger partial charge in [0.2, 0.25) is 0 Å². The Balaban J connectivity index is 0.000000251. The maximum atomic E-state index is 12.1. The minimum atomic E-state index is -2.40. The first-order valence-electron chi connectivity index (χ1n) is 13.3. The first kappa shape index (κ1) is 37.5. The van der Waals surface area contributed by atoms with Crippen molar-refractivity contribution in [3.8, 4) is 0 Å². The molecule has 0 N–H and O–H groups in total. The van der Waals surface area contributed by atoms with Gasteiger partial charge in [0.15, 0.2) is 0 Å². The lowest BCUT2D eigenvalue weighted by molar-refractivity contribution is 0.0972. The molecule has 0 heterocycles. The van der Waals surface area contributed by atoms with Crippen molar-refractivity contribution >= 4 is 46.4 Å². The van der Waals surface area contributed by atoms with Crippen molar-refractivity contribution in [2.24, 2.45) is 29.6 Å². The minimum absolute atomic E-state index is 0.0104. The van der Waals surface area contributed by atoms with Gasteiger partial charge in [-0.15, -0.1) is 79.3 Å². The van der Waals surface area contributed by atoms with E-state index < -0.39 is 34.4 Å². The smallest absolute Gasteiger partial charge is 0.244 e. The Morgan fingerprint density at radius 3 is 1.15 bits per heavy atom. The van der Waals surface area contributed by atoms with Gasteiger partial charge < -0.3 is 0 Å². The van der Waals surface area contributed by atoms with Gasteiger partial charge in [-0.05, 0) is 50.9 Å². The van der Waals surface area contributed by atoms with Gasteiger partial charge in [0.1, 0.15) is 21.0 Å². The van der Waals surface area contributed by atoms with Crippen LogP contribution >= 0.6 is 46.4 Å². The molecule has 5 aliphatic carbocycles. The van der Waals surface area contributed by atoms with E-state index in [2.05, 4.69) is 32.9 Å². The Morgan fingerprint density at radius 1 is 0.600 bits per heavy atom. The second-order valence-corrected chi connectivity index (χ2v) is 13.8. The number of allylic oxidation sites excluding steroid dienone is 5. The molecule has 5 saturated carbocycles. The highest BCUT2D eigenvalue weighted by atomic mass is 35.5. The summed E-state index contributed by atoms with van der Waals surface area (Å²) in [5.41, 5.74) is 0. The maximum Gasteiger partial charge on any atom is 0.255 e. The molecule has 0 aromatic carbocycles. The van der Waals surface area contributed by atoms with Crippen molar-refractivity contribution < 1.29 is 26.3 Å². The summed E-state index contributed by atoms with van der Waals surface area (Å²) < 4.78 is 70.6. The van der Waals surface area contributed by atoms with E-state index in [1.165, 1.54) is 6.08 Å². The molecule has 40 heavy (non-hydrogen) atoms. The Bertz CT molecular complexity index is 795. The maximum absolute atomic E-state index is 12.1. The molecule has 10 heteroatoms. The molecule has 6 atom stereocenters. The van der Waals surface area contributed by atoms with Crippen LogP contribution in [0.5, 0.6) is 0 Å². The van der Waals surface area contributed by atoms with E-state index in [4.69, 9.17) is 46.4 Å². The van der Waals surface area contributed by atoms with Crippen LogP contribution in [-0.4, -0.2) is 32.9 Å². The van der Waals surface area contributed by atoms with Crippen LogP contribution in [0.1, 0.15) is 57.8 Å². The van der Waals surface area contributed by atoms with Crippen LogP contribution in [0.15, 0.2) is 63.3 Å². The number of alkyl halides is 10. The molecule has 5 rings (SSSR count). The van der Waals surface area contributed by atoms with E-state index in [1.807, 2.05) is 6.08 Å². The lowest BCUT2D eigenvalue weighted by atomic mass is 10.2. The fraction of sp³-hybridized carbons (Fsp3) is 0.667. The third kappa shape index (κ3) is 13.6. The average molecular weight is 656 g/mol. The summed E-state index contributed by atoms with van der Waals surface area (Å²) in [6.45, 7) is 17.2. The summed E-state index contributed by atoms with van der Waals surface area (Å²) in [6.07, 6.45) is 11.7. The summed E-state index contributed by atoms with van der Waals surface area (Å²) in [6, 6.07) is 0. The van der Waals surface area contributed by atoms with E-state index >= 15 is 0 Å². The van der Waals surface area contributed by atoms with Crippen molar-refractivity contribution in [2.45, 2.75) is 90.6 Å². The van der Waals surface area contributed by atoms with Crippen LogP contribution in [0.2, 0.25) is 0 Å². The Morgan fingerprint density at radius 2 is 1.00 bits per heavy atom. The summed E-state index contributed by atoms with van der Waals surface area (Å²) in [5, 5.41) is 0. The van der Waals surface area contributed by atoms with Crippen LogP contribution in [0.4, 0.5) is 26.3 Å². The third-order valence-corrected chi connectivity index (χ3v) is 8.88. The van der Waals surface area contributed by atoms with Gasteiger partial charge in [0.05, 0.1) is 0 Å². The second-order valence-electron chi connectivity index (χ2n) is 10.7. The van der Waals surface area contributed by atoms with Crippen molar-refractivity contribution in [2.75, 3.05) is 0 Å².